The molecule has 1 aromatic heterocycles. The molecule has 6 nitrogen and oxygen atoms in total. The lowest BCUT2D eigenvalue weighted by Crippen LogP contribution is -2.49. The first kappa shape index (κ1) is 21.3. The number of carbonyl (C=O) groups excluding carboxylic acids is 1. The molecule has 1 fully saturated rings. The third-order valence-electron chi connectivity index (χ3n) is 5.47. The molecule has 0 radical (unpaired) electrons. The number of para-hydroxylation sites is 1. The van der Waals surface area contributed by atoms with Gasteiger partial charge >= 0.3 is 0 Å². The summed E-state index contributed by atoms with van der Waals surface area (Å²) >= 11 is 1.68. The van der Waals surface area contributed by atoms with Gasteiger partial charge in [-0.25, -0.2) is 4.98 Å². The number of hydrogen-bond donors (Lipinski definition) is 0. The Labute approximate surface area is 187 Å². The highest BCUT2D eigenvalue weighted by molar-refractivity contribution is 7.09. The van der Waals surface area contributed by atoms with Gasteiger partial charge in [0.1, 0.15) is 16.5 Å². The van der Waals surface area contributed by atoms with Crippen LogP contribution in [0.15, 0.2) is 53.9 Å². The van der Waals surface area contributed by atoms with Gasteiger partial charge < -0.3 is 14.4 Å². The third-order valence-corrected chi connectivity index (χ3v) is 6.30. The van der Waals surface area contributed by atoms with Gasteiger partial charge in [-0.2, -0.15) is 0 Å². The van der Waals surface area contributed by atoms with Crippen molar-refractivity contribution in [3.8, 4) is 22.8 Å². The quantitative estimate of drug-likeness (QED) is 0.562. The molecule has 0 bridgehead atoms. The summed E-state index contributed by atoms with van der Waals surface area (Å²) in [5, 5.41) is 3.19. The number of thiazole rings is 1. The Bertz CT molecular complexity index is 1010. The monoisotopic (exact) mass is 437 g/mol. The minimum atomic E-state index is 0.0407. The fourth-order valence-electron chi connectivity index (χ4n) is 3.57. The first-order chi connectivity index (χ1) is 15.1. The number of piperazine rings is 1. The molecule has 1 aliphatic rings. The van der Waals surface area contributed by atoms with Crippen molar-refractivity contribution in [1.29, 1.82) is 0 Å². The molecule has 1 amide bonds. The van der Waals surface area contributed by atoms with E-state index in [9.17, 15) is 4.79 Å². The highest BCUT2D eigenvalue weighted by Gasteiger charge is 2.22. The Hall–Kier alpha value is -2.90. The number of benzene rings is 2. The van der Waals surface area contributed by atoms with Crippen molar-refractivity contribution in [2.45, 2.75) is 13.5 Å². The summed E-state index contributed by atoms with van der Waals surface area (Å²) in [6.07, 6.45) is 0. The highest BCUT2D eigenvalue weighted by atomic mass is 32.1. The van der Waals surface area contributed by atoms with Crippen LogP contribution in [0.5, 0.6) is 11.5 Å². The van der Waals surface area contributed by atoms with Crippen LogP contribution >= 0.6 is 11.3 Å². The van der Waals surface area contributed by atoms with E-state index in [1.165, 1.54) is 0 Å². The number of hydrogen-bond acceptors (Lipinski definition) is 6. The number of methoxy groups -OCH3 is 1. The number of nitrogens with zero attached hydrogens (tertiary/aromatic N) is 3. The molecular weight excluding hydrogens is 410 g/mol. The van der Waals surface area contributed by atoms with Gasteiger partial charge in [-0.05, 0) is 42.8 Å². The summed E-state index contributed by atoms with van der Waals surface area (Å²) in [5.74, 6) is 1.65. The molecule has 2 aromatic carbocycles. The molecular formula is C24H27N3O3S. The van der Waals surface area contributed by atoms with E-state index in [1.807, 2.05) is 60.4 Å². The van der Waals surface area contributed by atoms with Gasteiger partial charge in [0.05, 0.1) is 19.3 Å². The average molecular weight is 438 g/mol. The Morgan fingerprint density at radius 2 is 1.81 bits per heavy atom. The van der Waals surface area contributed by atoms with Crippen LogP contribution < -0.4 is 9.47 Å². The molecule has 2 heterocycles. The zero-order valence-electron chi connectivity index (χ0n) is 17.9. The summed E-state index contributed by atoms with van der Waals surface area (Å²) in [5.41, 5.74) is 3.12. The Morgan fingerprint density at radius 1 is 1.06 bits per heavy atom. The molecule has 0 unspecified atom stereocenters. The maximum atomic E-state index is 12.5. The predicted molar refractivity (Wildman–Crippen MR) is 123 cm³/mol. The molecule has 3 aromatic rings. The van der Waals surface area contributed by atoms with Crippen molar-refractivity contribution < 1.29 is 14.3 Å². The summed E-state index contributed by atoms with van der Waals surface area (Å²) in [6, 6.07) is 15.7. The second kappa shape index (κ2) is 9.94. The molecule has 0 atom stereocenters. The smallest absolute Gasteiger partial charge is 0.260 e. The van der Waals surface area contributed by atoms with Crippen molar-refractivity contribution in [3.63, 3.8) is 0 Å². The van der Waals surface area contributed by atoms with Gasteiger partial charge in [-0.15, -0.1) is 11.3 Å². The maximum absolute atomic E-state index is 12.5. The number of ether oxygens (including phenoxy) is 2. The van der Waals surface area contributed by atoms with Crippen LogP contribution in [-0.2, 0) is 11.3 Å². The van der Waals surface area contributed by atoms with Crippen molar-refractivity contribution in [2.75, 3.05) is 39.9 Å². The minimum absolute atomic E-state index is 0.0407. The van der Waals surface area contributed by atoms with Crippen LogP contribution in [0.25, 0.3) is 11.3 Å². The number of aromatic nitrogens is 1. The molecule has 162 valence electrons. The average Bonchev–Trinajstić information content (AvgIpc) is 3.27. The van der Waals surface area contributed by atoms with E-state index >= 15 is 0 Å². The molecule has 7 heteroatoms. The number of carbonyl (C=O) groups is 1. The van der Waals surface area contributed by atoms with Crippen LogP contribution in [0, 0.1) is 6.92 Å². The summed E-state index contributed by atoms with van der Waals surface area (Å²) < 4.78 is 10.9. The van der Waals surface area contributed by atoms with E-state index in [0.717, 1.165) is 53.0 Å². The van der Waals surface area contributed by atoms with Gasteiger partial charge in [0, 0.05) is 37.1 Å². The molecule has 0 N–H and O–H groups in total. The van der Waals surface area contributed by atoms with Gasteiger partial charge in [0.15, 0.2) is 6.61 Å². The SMILES string of the molecule is COc1ccc(-c2csc(CN3CCN(C(=O)COc4ccccc4C)CC3)n2)cc1. The van der Waals surface area contributed by atoms with Crippen LogP contribution in [0.4, 0.5) is 0 Å². The van der Waals surface area contributed by atoms with Crippen LogP contribution in [0.2, 0.25) is 0 Å². The van der Waals surface area contributed by atoms with Crippen molar-refractivity contribution in [2.24, 2.45) is 0 Å². The summed E-state index contributed by atoms with van der Waals surface area (Å²) in [6.45, 7) is 5.99. The zero-order chi connectivity index (χ0) is 21.6. The van der Waals surface area contributed by atoms with Crippen molar-refractivity contribution >= 4 is 17.2 Å². The summed E-state index contributed by atoms with van der Waals surface area (Å²) in [4.78, 5) is 21.5. The topological polar surface area (TPSA) is 54.9 Å². The molecule has 0 aliphatic carbocycles. The van der Waals surface area contributed by atoms with E-state index in [4.69, 9.17) is 14.5 Å². The highest BCUT2D eigenvalue weighted by Crippen LogP contribution is 2.25. The molecule has 1 saturated heterocycles. The predicted octanol–water partition coefficient (Wildman–Crippen LogP) is 3.85. The number of rotatable bonds is 7. The molecule has 0 spiro atoms. The Morgan fingerprint density at radius 3 is 2.52 bits per heavy atom. The van der Waals surface area contributed by atoms with E-state index in [2.05, 4.69) is 10.3 Å². The largest absolute Gasteiger partial charge is 0.497 e. The molecule has 0 saturated carbocycles. The summed E-state index contributed by atoms with van der Waals surface area (Å²) in [7, 11) is 1.67. The van der Waals surface area contributed by atoms with Crippen LogP contribution in [0.1, 0.15) is 10.6 Å². The van der Waals surface area contributed by atoms with E-state index in [-0.39, 0.29) is 12.5 Å². The normalized spacial score (nSPS) is 14.5. The third kappa shape index (κ3) is 5.42. The van der Waals surface area contributed by atoms with E-state index in [0.29, 0.717) is 13.1 Å². The maximum Gasteiger partial charge on any atom is 0.260 e. The van der Waals surface area contributed by atoms with Gasteiger partial charge in [0.2, 0.25) is 0 Å². The minimum Gasteiger partial charge on any atom is -0.497 e. The lowest BCUT2D eigenvalue weighted by molar-refractivity contribution is -0.135. The van der Waals surface area contributed by atoms with Crippen molar-refractivity contribution in [3.05, 3.63) is 64.5 Å². The van der Waals surface area contributed by atoms with Gasteiger partial charge in [-0.1, -0.05) is 18.2 Å². The van der Waals surface area contributed by atoms with E-state index < -0.39 is 0 Å². The standard InChI is InChI=1S/C24H27N3O3S/c1-18-5-3-4-6-22(18)30-16-24(28)27-13-11-26(12-14-27)15-23-25-21(17-31-23)19-7-9-20(29-2)10-8-19/h3-10,17H,11-16H2,1-2H3. The molecule has 31 heavy (non-hydrogen) atoms. The van der Waals surface area contributed by atoms with Gasteiger partial charge in [0.25, 0.3) is 5.91 Å². The lowest BCUT2D eigenvalue weighted by Gasteiger charge is -2.34. The number of aryl methyl sites for hydroxylation is 1. The Kier molecular flexibility index (Phi) is 6.84. The lowest BCUT2D eigenvalue weighted by atomic mass is 10.2. The van der Waals surface area contributed by atoms with E-state index in [1.54, 1.807) is 18.4 Å². The van der Waals surface area contributed by atoms with Gasteiger partial charge in [-0.3, -0.25) is 9.69 Å². The first-order valence-electron chi connectivity index (χ1n) is 10.4. The second-order valence-corrected chi connectivity index (χ2v) is 8.51. The van der Waals surface area contributed by atoms with Crippen LogP contribution in [-0.4, -0.2) is 60.6 Å². The molecule has 4 rings (SSSR count). The fourth-order valence-corrected chi connectivity index (χ4v) is 4.42. The molecule has 1 aliphatic heterocycles. The Balaban J connectivity index is 1.25. The van der Waals surface area contributed by atoms with Crippen LogP contribution in [0.3, 0.4) is 0 Å². The van der Waals surface area contributed by atoms with Crippen molar-refractivity contribution in [1.82, 2.24) is 14.8 Å². The zero-order valence-corrected chi connectivity index (χ0v) is 18.7. The fraction of sp³-hybridized carbons (Fsp3) is 0.333. The first-order valence-corrected chi connectivity index (χ1v) is 11.3. The number of amides is 1. The second-order valence-electron chi connectivity index (χ2n) is 7.57.